The number of rotatable bonds is 5. The van der Waals surface area contributed by atoms with Crippen LogP contribution >= 0.6 is 0 Å². The van der Waals surface area contributed by atoms with Crippen molar-refractivity contribution in [3.05, 3.63) is 35.9 Å². The molecule has 1 unspecified atom stereocenters. The number of ether oxygens (including phenoxy) is 1. The molecule has 0 saturated carbocycles. The second kappa shape index (κ2) is 4.91. The predicted octanol–water partition coefficient (Wildman–Crippen LogP) is 0.396. The van der Waals surface area contributed by atoms with Gasteiger partial charge in [0.05, 0.1) is 0 Å². The molecule has 0 heterocycles. The molecule has 1 rings (SSSR count). The second-order valence-corrected chi connectivity index (χ2v) is 3.33. The van der Waals surface area contributed by atoms with Crippen molar-refractivity contribution >= 4 is 5.91 Å². The Balaban J connectivity index is 2.96. The van der Waals surface area contributed by atoms with E-state index >= 15 is 0 Å². The third-order valence-corrected chi connectivity index (χ3v) is 2.33. The summed E-state index contributed by atoms with van der Waals surface area (Å²) in [6.07, 6.45) is 0.156. The minimum atomic E-state index is -1.64. The Labute approximate surface area is 88.7 Å². The molecule has 1 atom stereocenters. The van der Waals surface area contributed by atoms with Crippen molar-refractivity contribution < 1.29 is 14.6 Å². The molecule has 1 aromatic rings. The normalized spacial score (nSPS) is 14.5. The number of benzene rings is 1. The van der Waals surface area contributed by atoms with Gasteiger partial charge in [0, 0.05) is 20.1 Å². The van der Waals surface area contributed by atoms with Gasteiger partial charge in [-0.2, -0.15) is 0 Å². The zero-order valence-corrected chi connectivity index (χ0v) is 8.64. The van der Waals surface area contributed by atoms with Crippen LogP contribution in [0, 0.1) is 0 Å². The molecular formula is C11H15NO3. The SMILES string of the molecule is COCCC(O)(C(N)=O)c1ccccc1. The van der Waals surface area contributed by atoms with E-state index in [1.54, 1.807) is 30.3 Å². The summed E-state index contributed by atoms with van der Waals surface area (Å²) < 4.78 is 4.84. The molecule has 3 N–H and O–H groups in total. The van der Waals surface area contributed by atoms with Crippen molar-refractivity contribution in [2.45, 2.75) is 12.0 Å². The maximum Gasteiger partial charge on any atom is 0.254 e. The van der Waals surface area contributed by atoms with E-state index in [0.29, 0.717) is 5.56 Å². The highest BCUT2D eigenvalue weighted by atomic mass is 16.5. The average Bonchev–Trinajstić information content (AvgIpc) is 2.27. The van der Waals surface area contributed by atoms with Gasteiger partial charge in [-0.15, -0.1) is 0 Å². The van der Waals surface area contributed by atoms with Gasteiger partial charge in [-0.3, -0.25) is 4.79 Å². The van der Waals surface area contributed by atoms with E-state index in [4.69, 9.17) is 10.5 Å². The van der Waals surface area contributed by atoms with Crippen LogP contribution in [0.4, 0.5) is 0 Å². The summed E-state index contributed by atoms with van der Waals surface area (Å²) in [6.45, 7) is 0.272. The first-order valence-corrected chi connectivity index (χ1v) is 4.68. The van der Waals surface area contributed by atoms with Crippen LogP contribution in [0.5, 0.6) is 0 Å². The summed E-state index contributed by atoms with van der Waals surface area (Å²) >= 11 is 0. The van der Waals surface area contributed by atoms with Gasteiger partial charge >= 0.3 is 0 Å². The topological polar surface area (TPSA) is 72.6 Å². The molecule has 1 aromatic carbocycles. The van der Waals surface area contributed by atoms with Gasteiger partial charge in [-0.25, -0.2) is 0 Å². The minimum Gasteiger partial charge on any atom is -0.385 e. The number of methoxy groups -OCH3 is 1. The maximum atomic E-state index is 11.2. The highest BCUT2D eigenvalue weighted by molar-refractivity contribution is 5.84. The van der Waals surface area contributed by atoms with Crippen LogP contribution in [0.1, 0.15) is 12.0 Å². The molecule has 82 valence electrons. The van der Waals surface area contributed by atoms with Gasteiger partial charge in [-0.05, 0) is 5.56 Å². The fourth-order valence-electron chi connectivity index (χ4n) is 1.37. The lowest BCUT2D eigenvalue weighted by Crippen LogP contribution is -2.42. The van der Waals surface area contributed by atoms with E-state index in [9.17, 15) is 9.90 Å². The molecule has 15 heavy (non-hydrogen) atoms. The van der Waals surface area contributed by atoms with E-state index < -0.39 is 11.5 Å². The Hall–Kier alpha value is -1.39. The van der Waals surface area contributed by atoms with E-state index in [2.05, 4.69) is 0 Å². The molecule has 0 aliphatic heterocycles. The quantitative estimate of drug-likeness (QED) is 0.737. The first kappa shape index (κ1) is 11.7. The van der Waals surface area contributed by atoms with Gasteiger partial charge in [-0.1, -0.05) is 30.3 Å². The van der Waals surface area contributed by atoms with Crippen LogP contribution in [-0.2, 0) is 15.1 Å². The van der Waals surface area contributed by atoms with Gasteiger partial charge < -0.3 is 15.6 Å². The molecule has 0 radical (unpaired) electrons. The van der Waals surface area contributed by atoms with E-state index in [-0.39, 0.29) is 13.0 Å². The van der Waals surface area contributed by atoms with Crippen molar-refractivity contribution in [1.82, 2.24) is 0 Å². The number of aliphatic hydroxyl groups is 1. The summed E-state index contributed by atoms with van der Waals surface area (Å²) in [6, 6.07) is 8.63. The largest absolute Gasteiger partial charge is 0.385 e. The highest BCUT2D eigenvalue weighted by Crippen LogP contribution is 2.24. The van der Waals surface area contributed by atoms with Crippen molar-refractivity contribution in [3.8, 4) is 0 Å². The van der Waals surface area contributed by atoms with Crippen LogP contribution in [-0.4, -0.2) is 24.7 Å². The molecule has 0 fully saturated rings. The Kier molecular flexibility index (Phi) is 3.82. The summed E-state index contributed by atoms with van der Waals surface area (Å²) in [5.41, 5.74) is 4.05. The number of amides is 1. The smallest absolute Gasteiger partial charge is 0.254 e. The van der Waals surface area contributed by atoms with Crippen LogP contribution in [0.2, 0.25) is 0 Å². The summed E-state index contributed by atoms with van der Waals surface area (Å²) in [5.74, 6) is -0.759. The number of carbonyl (C=O) groups excluding carboxylic acids is 1. The van der Waals surface area contributed by atoms with E-state index in [1.165, 1.54) is 7.11 Å². The standard InChI is InChI=1S/C11H15NO3/c1-15-8-7-11(14,10(12)13)9-5-3-2-4-6-9/h2-6,14H,7-8H2,1H3,(H2,12,13). The van der Waals surface area contributed by atoms with Crippen molar-refractivity contribution in [1.29, 1.82) is 0 Å². The van der Waals surface area contributed by atoms with E-state index in [0.717, 1.165) is 0 Å². The molecule has 0 aliphatic rings. The Morgan fingerprint density at radius 1 is 1.47 bits per heavy atom. The van der Waals surface area contributed by atoms with Gasteiger partial charge in [0.25, 0.3) is 5.91 Å². The van der Waals surface area contributed by atoms with Crippen molar-refractivity contribution in [3.63, 3.8) is 0 Å². The number of hydrogen-bond donors (Lipinski definition) is 2. The van der Waals surface area contributed by atoms with Crippen LogP contribution in [0.15, 0.2) is 30.3 Å². The zero-order valence-electron chi connectivity index (χ0n) is 8.64. The average molecular weight is 209 g/mol. The fourth-order valence-corrected chi connectivity index (χ4v) is 1.37. The van der Waals surface area contributed by atoms with Crippen LogP contribution in [0.3, 0.4) is 0 Å². The van der Waals surface area contributed by atoms with Gasteiger partial charge in [0.15, 0.2) is 5.60 Å². The van der Waals surface area contributed by atoms with E-state index in [1.807, 2.05) is 0 Å². The second-order valence-electron chi connectivity index (χ2n) is 3.33. The lowest BCUT2D eigenvalue weighted by atomic mass is 9.90. The fraction of sp³-hybridized carbons (Fsp3) is 0.364. The number of carbonyl (C=O) groups is 1. The molecule has 1 amide bonds. The number of hydrogen-bond acceptors (Lipinski definition) is 3. The third kappa shape index (κ3) is 2.55. The Morgan fingerprint density at radius 3 is 2.53 bits per heavy atom. The summed E-state index contributed by atoms with van der Waals surface area (Å²) in [7, 11) is 1.51. The van der Waals surface area contributed by atoms with Gasteiger partial charge in [0.2, 0.25) is 0 Å². The highest BCUT2D eigenvalue weighted by Gasteiger charge is 2.35. The van der Waals surface area contributed by atoms with Crippen LogP contribution < -0.4 is 5.73 Å². The molecule has 0 spiro atoms. The molecule has 0 saturated heterocycles. The lowest BCUT2D eigenvalue weighted by Gasteiger charge is -2.24. The molecule has 0 aliphatic carbocycles. The minimum absolute atomic E-state index is 0.156. The summed E-state index contributed by atoms with van der Waals surface area (Å²) in [4.78, 5) is 11.2. The van der Waals surface area contributed by atoms with Crippen LogP contribution in [0.25, 0.3) is 0 Å². The predicted molar refractivity (Wildman–Crippen MR) is 56.0 cm³/mol. The Morgan fingerprint density at radius 2 is 2.07 bits per heavy atom. The molecule has 0 aromatic heterocycles. The Bertz CT molecular complexity index is 326. The lowest BCUT2D eigenvalue weighted by molar-refractivity contribution is -0.139. The maximum absolute atomic E-state index is 11.2. The third-order valence-electron chi connectivity index (χ3n) is 2.33. The molecule has 0 bridgehead atoms. The van der Waals surface area contributed by atoms with Gasteiger partial charge in [0.1, 0.15) is 0 Å². The molecular weight excluding hydrogens is 194 g/mol. The zero-order chi connectivity index (χ0) is 11.3. The first-order chi connectivity index (χ1) is 7.11. The molecule has 4 heteroatoms. The first-order valence-electron chi connectivity index (χ1n) is 4.68. The number of primary amides is 1. The van der Waals surface area contributed by atoms with Crippen molar-refractivity contribution in [2.75, 3.05) is 13.7 Å². The van der Waals surface area contributed by atoms with Crippen molar-refractivity contribution in [2.24, 2.45) is 5.73 Å². The monoisotopic (exact) mass is 209 g/mol. The number of nitrogens with two attached hydrogens (primary N) is 1. The molecule has 4 nitrogen and oxygen atoms in total. The summed E-state index contributed by atoms with van der Waals surface area (Å²) in [5, 5.41) is 10.1.